The number of nitrogens with zero attached hydrogens (tertiary/aromatic N) is 5. The summed E-state index contributed by atoms with van der Waals surface area (Å²) in [6, 6.07) is 13.1. The van der Waals surface area contributed by atoms with Crippen LogP contribution in [0, 0.1) is 0 Å². The number of hydrogen-bond acceptors (Lipinski definition) is 5. The van der Waals surface area contributed by atoms with Crippen molar-refractivity contribution in [1.29, 1.82) is 0 Å². The summed E-state index contributed by atoms with van der Waals surface area (Å²) in [5.41, 5.74) is 4.65. The van der Waals surface area contributed by atoms with Gasteiger partial charge in [-0.3, -0.25) is 0 Å². The summed E-state index contributed by atoms with van der Waals surface area (Å²) >= 11 is 1.60. The molecule has 1 saturated heterocycles. The number of aliphatic imine (C=N–C) groups is 1. The lowest BCUT2D eigenvalue weighted by Crippen LogP contribution is -2.36. The van der Waals surface area contributed by atoms with Gasteiger partial charge in [0.25, 0.3) is 0 Å². The Hall–Kier alpha value is -4.32. The Kier molecular flexibility index (Phi) is 10.1. The van der Waals surface area contributed by atoms with Gasteiger partial charge in [-0.15, -0.1) is 18.3 Å². The van der Waals surface area contributed by atoms with Crippen molar-refractivity contribution < 1.29 is 22.7 Å². The maximum Gasteiger partial charge on any atom is 0.573 e. The molecule has 8 nitrogen and oxygen atoms in total. The second-order valence-electron chi connectivity index (χ2n) is 11.2. The average Bonchev–Trinajstić information content (AvgIpc) is 3.75. The standard InChI is InChI=1S/C33H35F3N6O2S/c1-22(2)6-4-7-23(3)20-41-18-19-45-32(41)39-31(43)38-29-9-5-8-28(29)24-10-12-25(13-11-24)30-37-21-42(40-30)26-14-16-27(17-15-26)44-33(34,35)36/h4,6-7,10-17,21,28-29H,1,5,8-9,18-20H2,2-3H3,(H,38,43)/b6-4-,23-7-,39-32-. The molecule has 0 spiro atoms. The number of urea groups is 1. The molecule has 1 saturated carbocycles. The number of nitrogens with one attached hydrogen (secondary N) is 1. The molecule has 2 amide bonds. The molecule has 2 unspecified atom stereocenters. The van der Waals surface area contributed by atoms with Gasteiger partial charge in [0.05, 0.1) is 5.69 Å². The average molecular weight is 637 g/mol. The number of rotatable bonds is 9. The number of halogens is 3. The van der Waals surface area contributed by atoms with Crippen molar-refractivity contribution in [3.63, 3.8) is 0 Å². The van der Waals surface area contributed by atoms with Crippen LogP contribution in [-0.4, -0.2) is 62.1 Å². The van der Waals surface area contributed by atoms with E-state index in [1.807, 2.05) is 43.3 Å². The van der Waals surface area contributed by atoms with Crippen LogP contribution in [0.3, 0.4) is 0 Å². The van der Waals surface area contributed by atoms with Crippen molar-refractivity contribution in [3.8, 4) is 22.8 Å². The van der Waals surface area contributed by atoms with Crippen LogP contribution in [0.1, 0.15) is 44.6 Å². The topological polar surface area (TPSA) is 84.6 Å². The van der Waals surface area contributed by atoms with E-state index < -0.39 is 6.36 Å². The fraction of sp³-hybridized carbons (Fsp3) is 0.333. The van der Waals surface area contributed by atoms with E-state index in [0.717, 1.165) is 53.4 Å². The Bertz CT molecular complexity index is 1600. The maximum absolute atomic E-state index is 13.0. The quantitative estimate of drug-likeness (QED) is 0.243. The minimum atomic E-state index is -4.75. The number of alkyl halides is 3. The second-order valence-corrected chi connectivity index (χ2v) is 12.2. The van der Waals surface area contributed by atoms with Crippen LogP contribution in [0.5, 0.6) is 5.75 Å². The summed E-state index contributed by atoms with van der Waals surface area (Å²) in [6.45, 7) is 9.46. The third kappa shape index (κ3) is 8.87. The molecule has 3 aromatic rings. The summed E-state index contributed by atoms with van der Waals surface area (Å²) in [5, 5.41) is 8.39. The van der Waals surface area contributed by atoms with Gasteiger partial charge < -0.3 is 15.0 Å². The van der Waals surface area contributed by atoms with Crippen LogP contribution in [0.4, 0.5) is 18.0 Å². The molecule has 2 atom stereocenters. The van der Waals surface area contributed by atoms with Crippen LogP contribution in [0.2, 0.25) is 0 Å². The van der Waals surface area contributed by atoms with Crippen molar-refractivity contribution in [3.05, 3.63) is 96.4 Å². The highest BCUT2D eigenvalue weighted by atomic mass is 32.2. The number of thioether (sulfide) groups is 1. The molecule has 1 aliphatic carbocycles. The van der Waals surface area contributed by atoms with Crippen LogP contribution < -0.4 is 10.1 Å². The first-order chi connectivity index (χ1) is 21.5. The predicted molar refractivity (Wildman–Crippen MR) is 172 cm³/mol. The Morgan fingerprint density at radius 3 is 2.62 bits per heavy atom. The first-order valence-electron chi connectivity index (χ1n) is 14.7. The van der Waals surface area contributed by atoms with E-state index in [-0.39, 0.29) is 23.7 Å². The highest BCUT2D eigenvalue weighted by Crippen LogP contribution is 2.35. The largest absolute Gasteiger partial charge is 0.573 e. The van der Waals surface area contributed by atoms with Gasteiger partial charge >= 0.3 is 12.4 Å². The van der Waals surface area contributed by atoms with Gasteiger partial charge in [-0.1, -0.05) is 78.4 Å². The molecule has 12 heteroatoms. The molecule has 1 aromatic heterocycles. The number of carbonyl (C=O) groups excluding carboxylic acids is 1. The van der Waals surface area contributed by atoms with E-state index in [1.165, 1.54) is 40.8 Å². The fourth-order valence-corrected chi connectivity index (χ4v) is 6.40. The number of carbonyl (C=O) groups is 1. The van der Waals surface area contributed by atoms with E-state index in [2.05, 4.69) is 49.6 Å². The molecule has 45 heavy (non-hydrogen) atoms. The molecule has 0 radical (unpaired) electrons. The fourth-order valence-electron chi connectivity index (χ4n) is 5.42. The first kappa shape index (κ1) is 32.1. The minimum Gasteiger partial charge on any atom is -0.406 e. The van der Waals surface area contributed by atoms with Gasteiger partial charge in [0.2, 0.25) is 0 Å². The zero-order valence-electron chi connectivity index (χ0n) is 25.1. The summed E-state index contributed by atoms with van der Waals surface area (Å²) < 4.78 is 42.8. The van der Waals surface area contributed by atoms with Gasteiger partial charge in [0, 0.05) is 36.4 Å². The number of amidine groups is 1. The Balaban J connectivity index is 1.19. The van der Waals surface area contributed by atoms with Crippen molar-refractivity contribution in [2.45, 2.75) is 51.4 Å². The number of ether oxygens (including phenoxy) is 1. The molecule has 5 rings (SSSR count). The van der Waals surface area contributed by atoms with E-state index in [1.54, 1.807) is 11.8 Å². The molecule has 0 bridgehead atoms. The number of hydrogen-bond donors (Lipinski definition) is 1. The van der Waals surface area contributed by atoms with Gasteiger partial charge in [0.15, 0.2) is 11.0 Å². The van der Waals surface area contributed by atoms with E-state index in [0.29, 0.717) is 18.1 Å². The van der Waals surface area contributed by atoms with Crippen molar-refractivity contribution >= 4 is 23.0 Å². The molecular weight excluding hydrogens is 601 g/mol. The van der Waals surface area contributed by atoms with E-state index >= 15 is 0 Å². The monoisotopic (exact) mass is 636 g/mol. The Morgan fingerprint density at radius 2 is 1.91 bits per heavy atom. The lowest BCUT2D eigenvalue weighted by Gasteiger charge is -2.21. The maximum atomic E-state index is 13.0. The number of allylic oxidation sites excluding steroid dienone is 4. The van der Waals surface area contributed by atoms with Gasteiger partial charge in [-0.25, -0.2) is 14.5 Å². The second kappa shape index (κ2) is 14.2. The summed E-state index contributed by atoms with van der Waals surface area (Å²) in [4.78, 5) is 23.9. The molecular formula is C33H35F3N6O2S. The predicted octanol–water partition coefficient (Wildman–Crippen LogP) is 7.66. The Labute approximate surface area is 264 Å². The summed E-state index contributed by atoms with van der Waals surface area (Å²) in [6.07, 6.45) is 5.63. The SMILES string of the molecule is C=C(C)/C=C\C=C(\C)CN1CCS/C1=N\C(=O)NC1CCCC1c1ccc(-c2ncn(-c3ccc(OC(F)(F)F)cc3)n2)cc1. The molecule has 1 aliphatic heterocycles. The van der Waals surface area contributed by atoms with Crippen LogP contribution in [-0.2, 0) is 0 Å². The van der Waals surface area contributed by atoms with Crippen molar-refractivity contribution in [2.75, 3.05) is 18.8 Å². The van der Waals surface area contributed by atoms with Crippen LogP contribution >= 0.6 is 11.8 Å². The lowest BCUT2D eigenvalue weighted by molar-refractivity contribution is -0.274. The van der Waals surface area contributed by atoms with E-state index in [9.17, 15) is 18.0 Å². The normalized spacial score (nSPS) is 19.9. The number of aromatic nitrogens is 3. The first-order valence-corrected chi connectivity index (χ1v) is 15.7. The third-order valence-electron chi connectivity index (χ3n) is 7.51. The van der Waals surface area contributed by atoms with E-state index in [4.69, 9.17) is 0 Å². The highest BCUT2D eigenvalue weighted by molar-refractivity contribution is 8.14. The van der Waals surface area contributed by atoms with Gasteiger partial charge in [-0.2, -0.15) is 4.99 Å². The van der Waals surface area contributed by atoms with Crippen LogP contribution in [0.15, 0.2) is 95.8 Å². The molecule has 2 fully saturated rings. The van der Waals surface area contributed by atoms with Crippen LogP contribution in [0.25, 0.3) is 17.1 Å². The van der Waals surface area contributed by atoms with Crippen molar-refractivity contribution in [1.82, 2.24) is 25.0 Å². The van der Waals surface area contributed by atoms with Gasteiger partial charge in [0.1, 0.15) is 12.1 Å². The van der Waals surface area contributed by atoms with Crippen molar-refractivity contribution in [2.24, 2.45) is 4.99 Å². The summed E-state index contributed by atoms with van der Waals surface area (Å²) in [7, 11) is 0. The smallest absolute Gasteiger partial charge is 0.406 e. The summed E-state index contributed by atoms with van der Waals surface area (Å²) in [5.74, 6) is 1.25. The molecule has 2 aliphatic rings. The minimum absolute atomic E-state index is 0.0110. The Morgan fingerprint density at radius 1 is 1.16 bits per heavy atom. The highest BCUT2D eigenvalue weighted by Gasteiger charge is 2.32. The zero-order valence-corrected chi connectivity index (χ0v) is 25.9. The molecule has 1 N–H and O–H groups in total. The molecule has 236 valence electrons. The number of amides is 2. The molecule has 2 aromatic carbocycles. The zero-order chi connectivity index (χ0) is 32.0. The van der Waals surface area contributed by atoms with Gasteiger partial charge in [-0.05, 0) is 56.5 Å². The third-order valence-corrected chi connectivity index (χ3v) is 8.50. The number of benzene rings is 2. The lowest BCUT2D eigenvalue weighted by atomic mass is 9.93. The molecule has 2 heterocycles.